The first-order valence-electron chi connectivity index (χ1n) is 8.27. The lowest BCUT2D eigenvalue weighted by Gasteiger charge is -2.11. The molecule has 1 saturated carbocycles. The van der Waals surface area contributed by atoms with Gasteiger partial charge in [-0.1, -0.05) is 11.6 Å². The molecule has 0 aliphatic heterocycles. The number of oxazole rings is 1. The van der Waals surface area contributed by atoms with Crippen LogP contribution in [0.3, 0.4) is 0 Å². The average Bonchev–Trinajstić information content (AvgIpc) is 3.35. The number of aromatic nitrogens is 1. The van der Waals surface area contributed by atoms with Crippen LogP contribution in [-0.2, 0) is 10.0 Å². The molecule has 26 heavy (non-hydrogen) atoms. The van der Waals surface area contributed by atoms with Crippen LogP contribution in [0.5, 0.6) is 0 Å². The molecule has 1 aliphatic carbocycles. The summed E-state index contributed by atoms with van der Waals surface area (Å²) in [5.41, 5.74) is 2.06. The number of hydrogen-bond acceptors (Lipinski definition) is 4. The van der Waals surface area contributed by atoms with Crippen molar-refractivity contribution >= 4 is 27.3 Å². The predicted octanol–water partition coefficient (Wildman–Crippen LogP) is 4.98. The van der Waals surface area contributed by atoms with E-state index in [0.717, 1.165) is 29.9 Å². The summed E-state index contributed by atoms with van der Waals surface area (Å²) in [7, 11) is -3.69. The number of halogens is 1. The molecule has 0 amide bonds. The molecular weight excluding hydrogens is 372 g/mol. The smallest absolute Gasteiger partial charge is 0.261 e. The Bertz CT molecular complexity index is 1050. The molecule has 2 aromatic carbocycles. The van der Waals surface area contributed by atoms with Gasteiger partial charge in [0, 0.05) is 16.5 Å². The molecule has 0 atom stereocenters. The van der Waals surface area contributed by atoms with Crippen molar-refractivity contribution in [1.82, 2.24) is 4.98 Å². The van der Waals surface area contributed by atoms with Gasteiger partial charge < -0.3 is 4.42 Å². The van der Waals surface area contributed by atoms with E-state index in [1.165, 1.54) is 0 Å². The molecule has 1 N–H and O–H groups in total. The third-order valence-corrected chi connectivity index (χ3v) is 5.95. The van der Waals surface area contributed by atoms with Crippen LogP contribution in [0.15, 0.2) is 58.0 Å². The molecule has 5 nitrogen and oxygen atoms in total. The lowest BCUT2D eigenvalue weighted by atomic mass is 10.2. The average molecular weight is 389 g/mol. The van der Waals surface area contributed by atoms with E-state index in [4.69, 9.17) is 16.0 Å². The van der Waals surface area contributed by atoms with Gasteiger partial charge >= 0.3 is 0 Å². The van der Waals surface area contributed by atoms with Gasteiger partial charge in [-0.05, 0) is 67.8 Å². The van der Waals surface area contributed by atoms with Gasteiger partial charge in [0.2, 0.25) is 0 Å². The minimum atomic E-state index is -3.69. The number of benzene rings is 2. The number of hydrogen-bond donors (Lipinski definition) is 1. The Labute approximate surface area is 157 Å². The summed E-state index contributed by atoms with van der Waals surface area (Å²) in [6.45, 7) is 1.80. The first-order valence-corrected chi connectivity index (χ1v) is 10.1. The highest BCUT2D eigenvalue weighted by Crippen LogP contribution is 2.40. The maximum atomic E-state index is 12.6. The molecule has 1 heterocycles. The van der Waals surface area contributed by atoms with E-state index in [-0.39, 0.29) is 4.90 Å². The molecule has 134 valence electrons. The van der Waals surface area contributed by atoms with E-state index in [1.54, 1.807) is 55.6 Å². The fourth-order valence-electron chi connectivity index (χ4n) is 2.68. The summed E-state index contributed by atoms with van der Waals surface area (Å²) < 4.78 is 33.6. The normalized spacial score (nSPS) is 14.4. The number of sulfonamides is 1. The SMILES string of the molecule is Cc1cc(Cl)ccc1NS(=O)(=O)c1ccc(-c2cnc(C3CC3)o2)cc1. The zero-order valence-corrected chi connectivity index (χ0v) is 15.6. The number of rotatable bonds is 5. The summed E-state index contributed by atoms with van der Waals surface area (Å²) in [4.78, 5) is 4.47. The second kappa shape index (κ2) is 6.45. The lowest BCUT2D eigenvalue weighted by Crippen LogP contribution is -2.13. The van der Waals surface area contributed by atoms with Crippen molar-refractivity contribution in [3.8, 4) is 11.3 Å². The Morgan fingerprint density at radius 2 is 1.88 bits per heavy atom. The Hall–Kier alpha value is -2.31. The van der Waals surface area contributed by atoms with Crippen molar-refractivity contribution in [2.24, 2.45) is 0 Å². The third kappa shape index (κ3) is 3.48. The lowest BCUT2D eigenvalue weighted by molar-refractivity contribution is 0.509. The zero-order chi connectivity index (χ0) is 18.3. The monoisotopic (exact) mass is 388 g/mol. The van der Waals surface area contributed by atoms with E-state index in [0.29, 0.717) is 22.4 Å². The minimum absolute atomic E-state index is 0.178. The van der Waals surface area contributed by atoms with Crippen molar-refractivity contribution in [3.63, 3.8) is 0 Å². The summed E-state index contributed by atoms with van der Waals surface area (Å²) in [6.07, 6.45) is 3.92. The summed E-state index contributed by atoms with van der Waals surface area (Å²) >= 11 is 5.91. The molecule has 0 unspecified atom stereocenters. The van der Waals surface area contributed by atoms with Crippen LogP contribution in [0.2, 0.25) is 5.02 Å². The fraction of sp³-hybridized carbons (Fsp3) is 0.211. The van der Waals surface area contributed by atoms with Gasteiger partial charge in [-0.3, -0.25) is 4.72 Å². The third-order valence-electron chi connectivity index (χ3n) is 4.33. The van der Waals surface area contributed by atoms with Crippen molar-refractivity contribution in [3.05, 3.63) is 65.1 Å². The maximum absolute atomic E-state index is 12.6. The van der Waals surface area contributed by atoms with Crippen LogP contribution in [0.25, 0.3) is 11.3 Å². The van der Waals surface area contributed by atoms with E-state index in [9.17, 15) is 8.42 Å². The van der Waals surface area contributed by atoms with Crippen LogP contribution in [-0.4, -0.2) is 13.4 Å². The topological polar surface area (TPSA) is 72.2 Å². The van der Waals surface area contributed by atoms with Crippen LogP contribution in [0.1, 0.15) is 30.2 Å². The second-order valence-electron chi connectivity index (χ2n) is 6.43. The maximum Gasteiger partial charge on any atom is 0.261 e. The molecule has 1 aromatic heterocycles. The standard InChI is InChI=1S/C19H17ClN2O3S/c1-12-10-15(20)6-9-17(12)22-26(23,24)16-7-4-13(5-8-16)18-11-21-19(25-18)14-2-3-14/h4-11,14,22H,2-3H2,1H3. The van der Waals surface area contributed by atoms with Crippen LogP contribution in [0, 0.1) is 6.92 Å². The van der Waals surface area contributed by atoms with Crippen LogP contribution >= 0.6 is 11.6 Å². The predicted molar refractivity (Wildman–Crippen MR) is 101 cm³/mol. The minimum Gasteiger partial charge on any atom is -0.440 e. The largest absolute Gasteiger partial charge is 0.440 e. The Balaban J connectivity index is 1.56. The molecule has 0 bridgehead atoms. The summed E-state index contributed by atoms with van der Waals surface area (Å²) in [6, 6.07) is 11.6. The number of aryl methyl sites for hydroxylation is 1. The van der Waals surface area contributed by atoms with Crippen molar-refractivity contribution in [2.75, 3.05) is 4.72 Å². The highest BCUT2D eigenvalue weighted by Gasteiger charge is 2.28. The highest BCUT2D eigenvalue weighted by atomic mass is 35.5. The number of nitrogens with zero attached hydrogens (tertiary/aromatic N) is 1. The van der Waals surface area contributed by atoms with Crippen molar-refractivity contribution in [1.29, 1.82) is 0 Å². The molecule has 0 radical (unpaired) electrons. The van der Waals surface area contributed by atoms with Gasteiger partial charge in [0.1, 0.15) is 0 Å². The van der Waals surface area contributed by atoms with E-state index in [2.05, 4.69) is 9.71 Å². The van der Waals surface area contributed by atoms with E-state index >= 15 is 0 Å². The van der Waals surface area contributed by atoms with Gasteiger partial charge in [-0.2, -0.15) is 0 Å². The first kappa shape index (κ1) is 17.1. The molecule has 3 aromatic rings. The quantitative estimate of drug-likeness (QED) is 0.668. The molecule has 0 saturated heterocycles. The Morgan fingerprint density at radius 1 is 1.15 bits per heavy atom. The fourth-order valence-corrected chi connectivity index (χ4v) is 4.04. The first-order chi connectivity index (χ1) is 12.4. The van der Waals surface area contributed by atoms with Crippen molar-refractivity contribution < 1.29 is 12.8 Å². The van der Waals surface area contributed by atoms with Gasteiger partial charge in [0.15, 0.2) is 11.7 Å². The Kier molecular flexibility index (Phi) is 4.25. The molecule has 4 rings (SSSR count). The molecule has 1 fully saturated rings. The van der Waals surface area contributed by atoms with Crippen LogP contribution < -0.4 is 4.72 Å². The highest BCUT2D eigenvalue weighted by molar-refractivity contribution is 7.92. The Morgan fingerprint density at radius 3 is 2.54 bits per heavy atom. The van der Waals surface area contributed by atoms with Gasteiger partial charge in [-0.15, -0.1) is 0 Å². The van der Waals surface area contributed by atoms with Gasteiger partial charge in [0.25, 0.3) is 10.0 Å². The van der Waals surface area contributed by atoms with E-state index < -0.39 is 10.0 Å². The van der Waals surface area contributed by atoms with E-state index in [1.807, 2.05) is 0 Å². The summed E-state index contributed by atoms with van der Waals surface area (Å²) in [5.74, 6) is 1.85. The van der Waals surface area contributed by atoms with Gasteiger partial charge in [-0.25, -0.2) is 13.4 Å². The second-order valence-corrected chi connectivity index (χ2v) is 8.54. The van der Waals surface area contributed by atoms with Crippen LogP contribution in [0.4, 0.5) is 5.69 Å². The molecular formula is C19H17ClN2O3S. The molecule has 0 spiro atoms. The van der Waals surface area contributed by atoms with Gasteiger partial charge in [0.05, 0.1) is 16.8 Å². The molecule has 7 heteroatoms. The summed E-state index contributed by atoms with van der Waals surface area (Å²) in [5, 5.41) is 0.562. The number of nitrogens with one attached hydrogen (secondary N) is 1. The number of anilines is 1. The zero-order valence-electron chi connectivity index (χ0n) is 14.1. The van der Waals surface area contributed by atoms with Crippen molar-refractivity contribution in [2.45, 2.75) is 30.6 Å². The molecule has 1 aliphatic rings.